The maximum Gasteiger partial charge on any atom is 0.238 e. The molecule has 168 valence electrons. The van der Waals surface area contributed by atoms with Crippen molar-refractivity contribution in [2.45, 2.75) is 52.5 Å². The number of hydrogen-bond donors (Lipinski definition) is 1. The highest BCUT2D eigenvalue weighted by Gasteiger charge is 2.32. The van der Waals surface area contributed by atoms with E-state index in [1.165, 1.54) is 0 Å². The van der Waals surface area contributed by atoms with Crippen molar-refractivity contribution in [3.05, 3.63) is 58.7 Å². The number of carbonyl (C=O) groups excluding carboxylic acids is 3. The van der Waals surface area contributed by atoms with Gasteiger partial charge in [0.2, 0.25) is 11.8 Å². The Labute approximate surface area is 189 Å². The maximum absolute atomic E-state index is 13.0. The Kier molecular flexibility index (Phi) is 6.42. The molecule has 4 rings (SSSR count). The molecule has 2 aliphatic rings. The van der Waals surface area contributed by atoms with Gasteiger partial charge in [-0.1, -0.05) is 18.2 Å². The largest absolute Gasteiger partial charge is 0.324 e. The van der Waals surface area contributed by atoms with Crippen LogP contribution in [0.15, 0.2) is 36.4 Å². The maximum atomic E-state index is 13.0. The number of nitrogens with zero attached hydrogens (tertiary/aromatic N) is 2. The zero-order valence-corrected chi connectivity index (χ0v) is 19.1. The summed E-state index contributed by atoms with van der Waals surface area (Å²) in [5.74, 6) is 0.0713. The lowest BCUT2D eigenvalue weighted by atomic mass is 10.1. The Morgan fingerprint density at radius 3 is 2.47 bits per heavy atom. The number of nitrogens with one attached hydrogen (secondary N) is 1. The molecule has 0 aromatic heterocycles. The summed E-state index contributed by atoms with van der Waals surface area (Å²) in [5, 5.41) is 3.06. The van der Waals surface area contributed by atoms with E-state index in [9.17, 15) is 14.4 Å². The van der Waals surface area contributed by atoms with Crippen LogP contribution in [0, 0.1) is 13.8 Å². The Balaban J connectivity index is 1.35. The second kappa shape index (κ2) is 9.25. The van der Waals surface area contributed by atoms with Gasteiger partial charge < -0.3 is 10.2 Å². The Hall–Kier alpha value is -2.99. The standard InChI is InChI=1S/C26H31N3O3/c1-17-5-4-6-18(2)26(17)27-24(31)16-28(22-8-9-22)13-12-25(32)29-14-11-21-15-20(19(3)30)7-10-23(21)29/h4-7,10,15,22H,8-9,11-14,16H2,1-3H3,(H,27,31). The van der Waals surface area contributed by atoms with Gasteiger partial charge in [0.05, 0.1) is 6.54 Å². The van der Waals surface area contributed by atoms with Crippen molar-refractivity contribution >= 4 is 29.0 Å². The normalized spacial score (nSPS) is 15.1. The number of hydrogen-bond acceptors (Lipinski definition) is 4. The lowest BCUT2D eigenvalue weighted by Gasteiger charge is -2.24. The van der Waals surface area contributed by atoms with Crippen molar-refractivity contribution in [2.24, 2.45) is 0 Å². The third-order valence-electron chi connectivity index (χ3n) is 6.45. The topological polar surface area (TPSA) is 69.7 Å². The molecular weight excluding hydrogens is 402 g/mol. The Morgan fingerprint density at radius 1 is 1.09 bits per heavy atom. The van der Waals surface area contributed by atoms with Gasteiger partial charge in [0.15, 0.2) is 5.78 Å². The molecule has 6 heteroatoms. The zero-order valence-electron chi connectivity index (χ0n) is 19.1. The van der Waals surface area contributed by atoms with Gasteiger partial charge in [0.25, 0.3) is 0 Å². The van der Waals surface area contributed by atoms with Gasteiger partial charge in [0.1, 0.15) is 0 Å². The molecule has 0 radical (unpaired) electrons. The number of rotatable bonds is 8. The van der Waals surface area contributed by atoms with Crippen LogP contribution in [0.2, 0.25) is 0 Å². The van der Waals surface area contributed by atoms with E-state index < -0.39 is 0 Å². The fourth-order valence-electron chi connectivity index (χ4n) is 4.46. The van der Waals surface area contributed by atoms with Crippen LogP contribution < -0.4 is 10.2 Å². The number of carbonyl (C=O) groups is 3. The summed E-state index contributed by atoms with van der Waals surface area (Å²) < 4.78 is 0. The molecule has 32 heavy (non-hydrogen) atoms. The molecule has 0 atom stereocenters. The van der Waals surface area contributed by atoms with Gasteiger partial charge in [-0.15, -0.1) is 0 Å². The van der Waals surface area contributed by atoms with Crippen molar-refractivity contribution < 1.29 is 14.4 Å². The SMILES string of the molecule is CC(=O)c1ccc2c(c1)CCN2C(=O)CCN(CC(=O)Nc1c(C)cccc1C)C1CC1. The molecule has 1 saturated carbocycles. The van der Waals surface area contributed by atoms with Crippen LogP contribution >= 0.6 is 0 Å². The third kappa shape index (κ3) is 4.91. The van der Waals surface area contributed by atoms with Crippen molar-refractivity contribution in [3.8, 4) is 0 Å². The lowest BCUT2D eigenvalue weighted by molar-refractivity contribution is -0.120. The predicted octanol–water partition coefficient (Wildman–Crippen LogP) is 3.89. The number of aryl methyl sites for hydroxylation is 2. The fraction of sp³-hybridized carbons (Fsp3) is 0.423. The van der Waals surface area contributed by atoms with E-state index in [0.717, 1.165) is 47.3 Å². The second-order valence-corrected chi connectivity index (χ2v) is 8.96. The molecule has 1 aliphatic carbocycles. The van der Waals surface area contributed by atoms with Crippen molar-refractivity contribution in [2.75, 3.05) is 29.9 Å². The molecule has 2 aromatic rings. The molecule has 1 heterocycles. The van der Waals surface area contributed by atoms with E-state index >= 15 is 0 Å². The van der Waals surface area contributed by atoms with Crippen LogP contribution in [0.4, 0.5) is 11.4 Å². The molecule has 0 saturated heterocycles. The number of benzene rings is 2. The average Bonchev–Trinajstić information content (AvgIpc) is 3.52. The highest BCUT2D eigenvalue weighted by atomic mass is 16.2. The van der Waals surface area contributed by atoms with E-state index in [1.807, 2.05) is 49.1 Å². The van der Waals surface area contributed by atoms with Gasteiger partial charge >= 0.3 is 0 Å². The molecule has 6 nitrogen and oxygen atoms in total. The molecule has 0 bridgehead atoms. The third-order valence-corrected chi connectivity index (χ3v) is 6.45. The first-order valence-corrected chi connectivity index (χ1v) is 11.4. The number of anilines is 2. The van der Waals surface area contributed by atoms with Gasteiger partial charge in [-0.3, -0.25) is 19.3 Å². The fourth-order valence-corrected chi connectivity index (χ4v) is 4.46. The molecular formula is C26H31N3O3. The summed E-state index contributed by atoms with van der Waals surface area (Å²) in [6.07, 6.45) is 3.30. The Bertz CT molecular complexity index is 1040. The van der Waals surface area contributed by atoms with Gasteiger partial charge in [0, 0.05) is 42.5 Å². The second-order valence-electron chi connectivity index (χ2n) is 8.96. The molecule has 0 spiro atoms. The minimum atomic E-state index is -0.0370. The average molecular weight is 434 g/mol. The van der Waals surface area contributed by atoms with Crippen LogP contribution in [-0.2, 0) is 16.0 Å². The number of ketones is 1. The summed E-state index contributed by atoms with van der Waals surface area (Å²) >= 11 is 0. The quantitative estimate of drug-likeness (QED) is 0.642. The summed E-state index contributed by atoms with van der Waals surface area (Å²) in [5.41, 5.74) is 5.62. The van der Waals surface area contributed by atoms with Crippen LogP contribution in [0.25, 0.3) is 0 Å². The minimum Gasteiger partial charge on any atom is -0.324 e. The van der Waals surface area contributed by atoms with Crippen molar-refractivity contribution in [3.63, 3.8) is 0 Å². The molecule has 1 fully saturated rings. The van der Waals surface area contributed by atoms with Crippen LogP contribution in [-0.4, -0.2) is 48.2 Å². The molecule has 2 amide bonds. The molecule has 1 aliphatic heterocycles. The number of para-hydroxylation sites is 1. The van der Waals surface area contributed by atoms with E-state index in [4.69, 9.17) is 0 Å². The van der Waals surface area contributed by atoms with Crippen LogP contribution in [0.5, 0.6) is 0 Å². The highest BCUT2D eigenvalue weighted by molar-refractivity contribution is 5.98. The first-order chi connectivity index (χ1) is 15.3. The van der Waals surface area contributed by atoms with E-state index in [0.29, 0.717) is 37.7 Å². The smallest absolute Gasteiger partial charge is 0.238 e. The molecule has 1 N–H and O–H groups in total. The number of Topliss-reactive ketones (excluding diaryl/α,β-unsaturated/α-hetero) is 1. The predicted molar refractivity (Wildman–Crippen MR) is 126 cm³/mol. The minimum absolute atomic E-state index is 0.0370. The summed E-state index contributed by atoms with van der Waals surface area (Å²) in [6.45, 7) is 7.06. The zero-order chi connectivity index (χ0) is 22.8. The van der Waals surface area contributed by atoms with E-state index in [1.54, 1.807) is 13.0 Å². The summed E-state index contributed by atoms with van der Waals surface area (Å²) in [7, 11) is 0. The van der Waals surface area contributed by atoms with Crippen LogP contribution in [0.1, 0.15) is 53.2 Å². The van der Waals surface area contributed by atoms with Crippen molar-refractivity contribution in [1.82, 2.24) is 4.90 Å². The first-order valence-electron chi connectivity index (χ1n) is 11.4. The van der Waals surface area contributed by atoms with Crippen molar-refractivity contribution in [1.29, 1.82) is 0 Å². The van der Waals surface area contributed by atoms with Gasteiger partial charge in [-0.25, -0.2) is 0 Å². The summed E-state index contributed by atoms with van der Waals surface area (Å²) in [6, 6.07) is 11.9. The summed E-state index contributed by atoms with van der Waals surface area (Å²) in [4.78, 5) is 41.3. The lowest BCUT2D eigenvalue weighted by Crippen LogP contribution is -2.38. The monoisotopic (exact) mass is 433 g/mol. The van der Waals surface area contributed by atoms with Gasteiger partial charge in [-0.2, -0.15) is 0 Å². The van der Waals surface area contributed by atoms with E-state index in [-0.39, 0.29) is 17.6 Å². The number of amides is 2. The van der Waals surface area contributed by atoms with Crippen LogP contribution in [0.3, 0.4) is 0 Å². The Morgan fingerprint density at radius 2 is 1.81 bits per heavy atom. The highest BCUT2D eigenvalue weighted by Crippen LogP contribution is 2.31. The van der Waals surface area contributed by atoms with Gasteiger partial charge in [-0.05, 0) is 74.9 Å². The van der Waals surface area contributed by atoms with E-state index in [2.05, 4.69) is 10.2 Å². The number of fused-ring (bicyclic) bond motifs is 1. The molecule has 2 aromatic carbocycles. The molecule has 0 unspecified atom stereocenters. The first kappa shape index (κ1) is 22.2.